The van der Waals surface area contributed by atoms with Gasteiger partial charge in [0.1, 0.15) is 6.10 Å². The molecule has 3 heterocycles. The molecule has 1 aromatic carbocycles. The van der Waals surface area contributed by atoms with Crippen LogP contribution in [0.2, 0.25) is 0 Å². The quantitative estimate of drug-likeness (QED) is 0.407. The molecule has 0 radical (unpaired) electrons. The number of nitrogens with zero attached hydrogens (tertiary/aromatic N) is 3. The van der Waals surface area contributed by atoms with E-state index in [9.17, 15) is 13.2 Å². The van der Waals surface area contributed by atoms with Gasteiger partial charge in [0, 0.05) is 30.2 Å². The van der Waals surface area contributed by atoms with Crippen molar-refractivity contribution < 1.29 is 17.9 Å². The first-order valence-corrected chi connectivity index (χ1v) is 13.4. The maximum atomic E-state index is 13.1. The third kappa shape index (κ3) is 4.28. The topological polar surface area (TPSA) is 115 Å². The molecule has 2 aliphatic rings. The molecule has 0 unspecified atom stereocenters. The molecule has 184 valence electrons. The van der Waals surface area contributed by atoms with Gasteiger partial charge in [-0.2, -0.15) is 5.10 Å². The predicted molar refractivity (Wildman–Crippen MR) is 135 cm³/mol. The van der Waals surface area contributed by atoms with Gasteiger partial charge in [-0.25, -0.2) is 27.4 Å². The highest BCUT2D eigenvalue weighted by Crippen LogP contribution is 2.40. The molecule has 1 fully saturated rings. The van der Waals surface area contributed by atoms with Gasteiger partial charge in [0.2, 0.25) is 5.88 Å². The fourth-order valence-electron chi connectivity index (χ4n) is 4.78. The van der Waals surface area contributed by atoms with E-state index in [0.717, 1.165) is 59.9 Å². The SMILES string of the molecule is Cc1cc2c(c(NC(=O)NS(=O)(=O)c3ccnc(OC4CC4)c3)c1-c1ccn3nccc3c1)CCC2. The number of fused-ring (bicyclic) bond motifs is 2. The van der Waals surface area contributed by atoms with E-state index in [1.807, 2.05) is 31.3 Å². The molecule has 3 aromatic heterocycles. The average Bonchev–Trinajstić information content (AvgIpc) is 3.32. The lowest BCUT2D eigenvalue weighted by atomic mass is 9.93. The summed E-state index contributed by atoms with van der Waals surface area (Å²) in [4.78, 5) is 17.1. The Hall–Kier alpha value is -3.92. The minimum absolute atomic E-state index is 0.0790. The summed E-state index contributed by atoms with van der Waals surface area (Å²) in [5, 5.41) is 7.13. The van der Waals surface area contributed by atoms with Crippen LogP contribution in [-0.2, 0) is 22.9 Å². The average molecular weight is 504 g/mol. The molecule has 0 bridgehead atoms. The van der Waals surface area contributed by atoms with E-state index < -0.39 is 16.1 Å². The molecule has 2 amide bonds. The van der Waals surface area contributed by atoms with Gasteiger partial charge >= 0.3 is 6.03 Å². The highest BCUT2D eigenvalue weighted by atomic mass is 32.2. The molecule has 10 heteroatoms. The van der Waals surface area contributed by atoms with Gasteiger partial charge in [0.25, 0.3) is 10.0 Å². The van der Waals surface area contributed by atoms with Gasteiger partial charge in [-0.15, -0.1) is 0 Å². The van der Waals surface area contributed by atoms with Crippen LogP contribution in [0.15, 0.2) is 59.9 Å². The van der Waals surface area contributed by atoms with E-state index >= 15 is 0 Å². The Labute approximate surface area is 208 Å². The first kappa shape index (κ1) is 22.5. The lowest BCUT2D eigenvalue weighted by Gasteiger charge is -2.19. The van der Waals surface area contributed by atoms with Crippen molar-refractivity contribution in [3.05, 3.63) is 71.7 Å². The monoisotopic (exact) mass is 503 g/mol. The van der Waals surface area contributed by atoms with Crippen molar-refractivity contribution in [2.24, 2.45) is 0 Å². The number of aryl methyl sites for hydroxylation is 2. The van der Waals surface area contributed by atoms with E-state index in [2.05, 4.69) is 26.2 Å². The van der Waals surface area contributed by atoms with Crippen LogP contribution in [-0.4, -0.2) is 35.2 Å². The molecule has 0 spiro atoms. The number of amides is 2. The maximum Gasteiger partial charge on any atom is 0.333 e. The number of hydrogen-bond donors (Lipinski definition) is 2. The fourth-order valence-corrected chi connectivity index (χ4v) is 5.69. The van der Waals surface area contributed by atoms with Crippen molar-refractivity contribution >= 4 is 27.3 Å². The predicted octanol–water partition coefficient (Wildman–Crippen LogP) is 4.25. The lowest BCUT2D eigenvalue weighted by molar-refractivity contribution is 0.256. The molecule has 2 N–H and O–H groups in total. The van der Waals surface area contributed by atoms with Crippen LogP contribution in [0, 0.1) is 6.92 Å². The largest absolute Gasteiger partial charge is 0.474 e. The summed E-state index contributed by atoms with van der Waals surface area (Å²) in [5.41, 5.74) is 6.59. The molecular formula is C26H25N5O4S. The molecule has 36 heavy (non-hydrogen) atoms. The first-order valence-electron chi connectivity index (χ1n) is 11.9. The van der Waals surface area contributed by atoms with Crippen molar-refractivity contribution in [1.29, 1.82) is 0 Å². The highest BCUT2D eigenvalue weighted by Gasteiger charge is 2.27. The van der Waals surface area contributed by atoms with Gasteiger partial charge in [-0.1, -0.05) is 6.07 Å². The number of nitrogens with one attached hydrogen (secondary N) is 2. The lowest BCUT2D eigenvalue weighted by Crippen LogP contribution is -2.35. The number of aromatic nitrogens is 3. The van der Waals surface area contributed by atoms with Crippen LogP contribution in [0.3, 0.4) is 0 Å². The molecule has 4 aromatic rings. The summed E-state index contributed by atoms with van der Waals surface area (Å²) in [6.07, 6.45) is 9.61. The van der Waals surface area contributed by atoms with Crippen molar-refractivity contribution in [2.45, 2.75) is 50.0 Å². The summed E-state index contributed by atoms with van der Waals surface area (Å²) >= 11 is 0. The number of sulfonamides is 1. The van der Waals surface area contributed by atoms with Crippen LogP contribution in [0.1, 0.15) is 36.0 Å². The molecule has 6 rings (SSSR count). The zero-order valence-corrected chi connectivity index (χ0v) is 20.5. The first-order chi connectivity index (χ1) is 17.4. The van der Waals surface area contributed by atoms with E-state index in [1.165, 1.54) is 23.9 Å². The van der Waals surface area contributed by atoms with Crippen LogP contribution >= 0.6 is 0 Å². The maximum absolute atomic E-state index is 13.1. The van der Waals surface area contributed by atoms with E-state index in [4.69, 9.17) is 4.74 Å². The zero-order chi connectivity index (χ0) is 24.9. The van der Waals surface area contributed by atoms with Gasteiger partial charge in [0.15, 0.2) is 0 Å². The van der Waals surface area contributed by atoms with Crippen LogP contribution < -0.4 is 14.8 Å². The summed E-state index contributed by atoms with van der Waals surface area (Å²) in [5.74, 6) is 0.231. The number of ether oxygens (including phenoxy) is 1. The van der Waals surface area contributed by atoms with E-state index in [1.54, 1.807) is 10.7 Å². The number of anilines is 1. The Morgan fingerprint density at radius 2 is 1.97 bits per heavy atom. The Balaban J connectivity index is 1.32. The summed E-state index contributed by atoms with van der Waals surface area (Å²) in [6.45, 7) is 2.01. The number of urea groups is 1. The highest BCUT2D eigenvalue weighted by molar-refractivity contribution is 7.90. The minimum Gasteiger partial charge on any atom is -0.474 e. The summed E-state index contributed by atoms with van der Waals surface area (Å²) < 4.78 is 35.5. The number of carbonyl (C=O) groups is 1. The molecule has 1 saturated carbocycles. The van der Waals surface area contributed by atoms with Gasteiger partial charge in [-0.05, 0) is 85.5 Å². The Morgan fingerprint density at radius 1 is 1.11 bits per heavy atom. The second-order valence-electron chi connectivity index (χ2n) is 9.26. The Bertz CT molecular complexity index is 1610. The number of rotatable bonds is 6. The third-order valence-corrected chi connectivity index (χ3v) is 7.91. The van der Waals surface area contributed by atoms with Crippen molar-refractivity contribution in [2.75, 3.05) is 5.32 Å². The Kier molecular flexibility index (Phi) is 5.40. The standard InChI is InChI=1S/C26H25N5O4S/c1-16-13-17-3-2-4-22(17)25(24(16)18-9-12-31-19(14-18)7-11-28-31)29-26(32)30-36(33,34)21-8-10-27-23(15-21)35-20-5-6-20/h7-15,20H,2-6H2,1H3,(H2,29,30,32). The third-order valence-electron chi connectivity index (χ3n) is 6.58. The zero-order valence-electron chi connectivity index (χ0n) is 19.7. The van der Waals surface area contributed by atoms with Crippen LogP contribution in [0.25, 0.3) is 16.6 Å². The molecule has 0 atom stereocenters. The number of pyridine rings is 2. The normalized spacial score (nSPS) is 15.0. The van der Waals surface area contributed by atoms with Gasteiger partial charge in [-0.3, -0.25) is 0 Å². The second-order valence-corrected chi connectivity index (χ2v) is 10.9. The molecule has 9 nitrogen and oxygen atoms in total. The molecular weight excluding hydrogens is 478 g/mol. The van der Waals surface area contributed by atoms with Crippen LogP contribution in [0.5, 0.6) is 5.88 Å². The number of carbonyl (C=O) groups excluding carboxylic acids is 1. The van der Waals surface area contributed by atoms with E-state index in [0.29, 0.717) is 5.69 Å². The molecule has 0 saturated heterocycles. The second kappa shape index (κ2) is 8.63. The fraction of sp³-hybridized carbons (Fsp3) is 0.269. The van der Waals surface area contributed by atoms with Gasteiger partial charge < -0.3 is 10.1 Å². The van der Waals surface area contributed by atoms with E-state index in [-0.39, 0.29) is 16.9 Å². The summed E-state index contributed by atoms with van der Waals surface area (Å²) in [6, 6.07) is 9.89. The number of hydrogen-bond acceptors (Lipinski definition) is 6. The smallest absolute Gasteiger partial charge is 0.333 e. The molecule has 2 aliphatic carbocycles. The minimum atomic E-state index is -4.13. The van der Waals surface area contributed by atoms with Gasteiger partial charge in [0.05, 0.1) is 16.1 Å². The van der Waals surface area contributed by atoms with Crippen molar-refractivity contribution in [3.8, 4) is 17.0 Å². The number of benzene rings is 1. The van der Waals surface area contributed by atoms with Crippen molar-refractivity contribution in [3.63, 3.8) is 0 Å². The van der Waals surface area contributed by atoms with Crippen LogP contribution in [0.4, 0.5) is 10.5 Å². The summed E-state index contributed by atoms with van der Waals surface area (Å²) in [7, 11) is -4.13. The Morgan fingerprint density at radius 3 is 2.81 bits per heavy atom. The van der Waals surface area contributed by atoms with Crippen molar-refractivity contribution in [1.82, 2.24) is 19.3 Å². The molecule has 0 aliphatic heterocycles.